The van der Waals surface area contributed by atoms with Gasteiger partial charge >= 0.3 is 0 Å². The minimum atomic E-state index is -2.08. The van der Waals surface area contributed by atoms with Gasteiger partial charge in [0.05, 0.1) is 80.0 Å². The van der Waals surface area contributed by atoms with Crippen molar-refractivity contribution in [2.24, 2.45) is 0 Å². The van der Waals surface area contributed by atoms with E-state index in [1.807, 2.05) is 0 Å². The van der Waals surface area contributed by atoms with Crippen LogP contribution in [0, 0.1) is 0 Å². The smallest absolute Gasteiger partial charge is 0.252 e. The molecule has 7 heteroatoms. The van der Waals surface area contributed by atoms with Gasteiger partial charge in [-0.3, -0.25) is 0 Å². The Morgan fingerprint density at radius 2 is 0.742 bits per heavy atom. The summed E-state index contributed by atoms with van der Waals surface area (Å²) in [4.78, 5) is 2.54. The second-order valence-electron chi connectivity index (χ2n) is 22.5. The fraction of sp³-hybridized carbons (Fsp3) is 0.0488. The summed E-state index contributed by atoms with van der Waals surface area (Å²) in [5.41, 5.74) is -11.9. The average Bonchev–Trinajstić information content (AvgIpc) is 1.62. The molecule has 0 unspecified atom stereocenters. The number of benzene rings is 13. The third-order valence-corrected chi connectivity index (χ3v) is 16.7. The lowest BCUT2D eigenvalue weighted by molar-refractivity contribution is 0.590. The van der Waals surface area contributed by atoms with Gasteiger partial charge in [0, 0.05) is 88.3 Å². The van der Waals surface area contributed by atoms with Crippen molar-refractivity contribution in [3.8, 4) is 33.6 Å². The molecule has 4 aromatic heterocycles. The largest absolute Gasteiger partial charge is 0.454 e. The third-order valence-electron chi connectivity index (χ3n) is 16.7. The van der Waals surface area contributed by atoms with Gasteiger partial charge in [0.15, 0.2) is 11.2 Å². The van der Waals surface area contributed by atoms with Crippen molar-refractivity contribution < 1.29 is 55.4 Å². The zero-order valence-corrected chi connectivity index (χ0v) is 46.6. The minimum absolute atomic E-state index is 0.0830. The zero-order chi connectivity index (χ0) is 88.4. The molecule has 0 amide bonds. The molecule has 0 radical (unpaired) electrons. The summed E-state index contributed by atoms with van der Waals surface area (Å²) in [7, 11) is 0. The van der Waals surface area contributed by atoms with Crippen molar-refractivity contribution in [3.05, 3.63) is 284 Å². The Morgan fingerprint density at radius 1 is 0.371 bits per heavy atom. The first-order chi connectivity index (χ1) is 58.0. The van der Waals surface area contributed by atoms with Crippen molar-refractivity contribution in [2.75, 3.05) is 9.80 Å². The number of nitrogens with zero attached hydrogens (tertiary/aromatic N) is 4. The number of hydrogen-bond acceptors (Lipinski definition) is 4. The number of furan rings is 2. The number of para-hydroxylation sites is 6. The van der Waals surface area contributed by atoms with E-state index in [2.05, 4.69) is 0 Å². The van der Waals surface area contributed by atoms with Crippen LogP contribution in [0.5, 0.6) is 0 Å². The van der Waals surface area contributed by atoms with Crippen molar-refractivity contribution >= 4 is 145 Å². The highest BCUT2D eigenvalue weighted by Gasteiger charge is 2.46. The molecule has 2 aliphatic rings. The minimum Gasteiger partial charge on any atom is -0.454 e. The molecule has 0 aliphatic carbocycles. The predicted molar refractivity (Wildman–Crippen MR) is 373 cm³/mol. The van der Waals surface area contributed by atoms with E-state index in [9.17, 15) is 35.6 Å². The molecule has 0 fully saturated rings. The van der Waals surface area contributed by atoms with Crippen molar-refractivity contribution in [1.29, 1.82) is 0 Å². The van der Waals surface area contributed by atoms with E-state index in [0.717, 1.165) is 9.13 Å². The summed E-state index contributed by atoms with van der Waals surface area (Å²) in [6, 6.07) is -10.7. The second kappa shape index (κ2) is 18.6. The summed E-state index contributed by atoms with van der Waals surface area (Å²) in [6.07, 6.45) is 0. The van der Waals surface area contributed by atoms with Gasteiger partial charge in [-0.2, -0.15) is 0 Å². The SMILES string of the molecule is [2H]c1c([2H])c(-n2c3c([2H])c([2H])c([2H])c([2H])c3c3c([2H])c([2H])c([2H])c([2H])c32)c([2H])c2c1B1c3c(cc(C(C)(C)C)cc3N(c3c(-c4ccccc4)c([2H])c([2H])c4c3oc3c([2H])c([2H])c([2H])c([2H])c34)c3c([2H])c(-n4c5c([2H])c([2H])c([2H])c([2H])c5c5c([2H])c([2H])c([2H])c([2H])c54)c([2H])c([2H])c31)N2c1c(-c2ccccc2)c([2H])c([2H])c2c1oc1c([2H])c([2H])c([2H])c([2H])c12. The lowest BCUT2D eigenvalue weighted by atomic mass is 9.33. The molecule has 0 saturated heterocycles. The van der Waals surface area contributed by atoms with Crippen molar-refractivity contribution in [1.82, 2.24) is 9.13 Å². The number of fused-ring (bicyclic) bond motifs is 16. The van der Waals surface area contributed by atoms with E-state index >= 15 is 0 Å². The molecular weight excluding hydrogens is 1080 g/mol. The van der Waals surface area contributed by atoms with Crippen LogP contribution < -0.4 is 26.2 Å². The number of rotatable bonds is 6. The van der Waals surface area contributed by atoms with Gasteiger partial charge in [-0.1, -0.05) is 214 Å². The molecule has 6 nitrogen and oxygen atoms in total. The normalized spacial score (nSPS) is 18.4. The van der Waals surface area contributed by atoms with Crippen LogP contribution in [-0.4, -0.2) is 15.8 Å². The molecule has 418 valence electrons. The van der Waals surface area contributed by atoms with Crippen molar-refractivity contribution in [2.45, 2.75) is 26.2 Å². The van der Waals surface area contributed by atoms with Crippen LogP contribution in [0.25, 0.3) is 121 Å². The van der Waals surface area contributed by atoms with E-state index in [1.165, 1.54) is 34.1 Å². The highest BCUT2D eigenvalue weighted by Crippen LogP contribution is 2.55. The molecule has 0 spiro atoms. The first-order valence-corrected chi connectivity index (χ1v) is 28.1. The lowest BCUT2D eigenvalue weighted by Gasteiger charge is -2.45. The third kappa shape index (κ3) is 7.15. The molecular formula is C82H55BN4O2. The Balaban J connectivity index is 1.12. The average molecular weight is 1170 g/mol. The molecule has 0 atom stereocenters. The van der Waals surface area contributed by atoms with Crippen LogP contribution in [0.4, 0.5) is 34.1 Å². The predicted octanol–water partition coefficient (Wildman–Crippen LogP) is 20.4. The van der Waals surface area contributed by atoms with Gasteiger partial charge < -0.3 is 27.8 Å². The summed E-state index contributed by atoms with van der Waals surface area (Å²) in [5, 5.41) is -3.89. The molecule has 0 bridgehead atoms. The van der Waals surface area contributed by atoms with E-state index < -0.39 is 350 Å². The topological polar surface area (TPSA) is 42.6 Å². The molecule has 0 saturated carbocycles. The summed E-state index contributed by atoms with van der Waals surface area (Å²) in [6.45, 7) is 3.18. The Kier molecular flexibility index (Phi) is 5.69. The summed E-state index contributed by atoms with van der Waals surface area (Å²) >= 11 is 0. The van der Waals surface area contributed by atoms with E-state index in [4.69, 9.17) is 19.8 Å². The van der Waals surface area contributed by atoms with Crippen LogP contribution in [-0.2, 0) is 5.41 Å². The van der Waals surface area contributed by atoms with Crippen LogP contribution in [0.3, 0.4) is 0 Å². The van der Waals surface area contributed by atoms with Gasteiger partial charge in [-0.05, 0) is 123 Å². The van der Waals surface area contributed by atoms with Gasteiger partial charge in [0.2, 0.25) is 0 Å². The highest BCUT2D eigenvalue weighted by molar-refractivity contribution is 7.00. The molecule has 0 N–H and O–H groups in total. The fourth-order valence-electron chi connectivity index (χ4n) is 12.8. The Hall–Kier alpha value is -11.3. The maximum absolute atomic E-state index is 11.5. The molecule has 2 aliphatic heterocycles. The molecule has 13 aromatic carbocycles. The highest BCUT2D eigenvalue weighted by atomic mass is 16.3. The van der Waals surface area contributed by atoms with Crippen LogP contribution in [0.2, 0.25) is 0 Å². The molecule has 19 rings (SSSR count). The van der Waals surface area contributed by atoms with Gasteiger partial charge in [0.25, 0.3) is 6.71 Å². The van der Waals surface area contributed by atoms with Crippen LogP contribution >= 0.6 is 0 Å². The maximum atomic E-state index is 11.5. The molecule has 17 aromatic rings. The Bertz CT molecular complexity index is 7330. The second-order valence-corrected chi connectivity index (χ2v) is 22.5. The first kappa shape index (κ1) is 27.2. The quantitative estimate of drug-likeness (QED) is 0.156. The maximum Gasteiger partial charge on any atom is 0.252 e. The first-order valence-electron chi connectivity index (χ1n) is 45.1. The van der Waals surface area contributed by atoms with Gasteiger partial charge in [0.1, 0.15) is 11.2 Å². The Morgan fingerprint density at radius 3 is 1.13 bits per heavy atom. The summed E-state index contributed by atoms with van der Waals surface area (Å²) in [5.74, 6) is 0. The monoisotopic (exact) mass is 1170 g/mol. The van der Waals surface area contributed by atoms with Crippen molar-refractivity contribution in [3.63, 3.8) is 0 Å². The number of hydrogen-bond donors (Lipinski definition) is 0. The number of aromatic nitrogens is 2. The van der Waals surface area contributed by atoms with Crippen LogP contribution in [0.15, 0.2) is 287 Å². The molecule has 6 heterocycles. The van der Waals surface area contributed by atoms with E-state index in [-0.39, 0.29) is 44.7 Å². The van der Waals surface area contributed by atoms with Gasteiger partial charge in [-0.15, -0.1) is 0 Å². The lowest BCUT2D eigenvalue weighted by Crippen LogP contribution is -2.61. The van der Waals surface area contributed by atoms with E-state index in [0.29, 0.717) is 0 Å². The number of anilines is 6. The van der Waals surface area contributed by atoms with Crippen LogP contribution in [0.1, 0.15) is 72.9 Å². The Labute approximate surface area is 561 Å². The zero-order valence-electron chi connectivity index (χ0n) is 80.6. The van der Waals surface area contributed by atoms with Gasteiger partial charge in [-0.25, -0.2) is 0 Å². The summed E-state index contributed by atoms with van der Waals surface area (Å²) < 4.78 is 348. The van der Waals surface area contributed by atoms with E-state index in [1.54, 1.807) is 69.3 Å². The standard InChI is InChI=1S/C82H55BN4O2/c1-82(2,3)52-46-73-77-74(47-52)87(79-56(51-24-8-5-9-25-51)41-43-64-62-31-15-21-37-76(62)89-81(64)79)72-49-54(85-69-34-18-12-28-59(69)60-29-13-19-35-70(60)85)39-45-66(72)83(77)65-44-38-53(84-67-32-16-10-26-57(67)58-27-11-17-33-68(58)84)48-71(65)86(73)78-55(50-22-6-4-7-23-50)40-42-63-61-30-14-20-36-75(61)88-80(63)78/h4-49H,1-3H3/i10D,11D,12D,13D,14D,15D,16D,17D,18D,19D,20D,21D,26D,27D,28D,29D,30D,31D,32D,33D,34D,35D,36D,37D,38D,39D,40D,41D,42D,43D,44D,45D,48D,49D. The fourth-order valence-corrected chi connectivity index (χ4v) is 12.8. The molecule has 89 heavy (non-hydrogen) atoms.